The van der Waals surface area contributed by atoms with Crippen LogP contribution in [-0.2, 0) is 0 Å². The van der Waals surface area contributed by atoms with Crippen molar-refractivity contribution in [2.45, 2.75) is 38.7 Å². The maximum absolute atomic E-state index is 12.0. The number of hydrogen-bond donors (Lipinski definition) is 1. The molecular weight excluding hydrogens is 172 g/mol. The Balaban J connectivity index is 1.82. The van der Waals surface area contributed by atoms with Crippen molar-refractivity contribution in [2.75, 3.05) is 6.54 Å². The van der Waals surface area contributed by atoms with E-state index < -0.39 is 6.43 Å². The van der Waals surface area contributed by atoms with E-state index in [2.05, 4.69) is 12.2 Å². The second kappa shape index (κ2) is 3.52. The normalized spacial score (nSPS) is 43.4. The van der Waals surface area contributed by atoms with Crippen molar-refractivity contribution in [1.82, 2.24) is 5.32 Å². The fraction of sp³-hybridized carbons (Fsp3) is 1.00. The van der Waals surface area contributed by atoms with Crippen LogP contribution in [0.25, 0.3) is 0 Å². The summed E-state index contributed by atoms with van der Waals surface area (Å²) in [6.07, 6.45) is 1.51. The molecule has 0 amide bonds. The minimum atomic E-state index is -2.20. The molecule has 1 nitrogen and oxygen atoms in total. The summed E-state index contributed by atoms with van der Waals surface area (Å²) < 4.78 is 23.9. The predicted octanol–water partition coefficient (Wildman–Crippen LogP) is 2.28. The van der Waals surface area contributed by atoms with Gasteiger partial charge in [-0.1, -0.05) is 6.92 Å². The van der Waals surface area contributed by atoms with Crippen LogP contribution in [0.1, 0.15) is 26.2 Å². The Morgan fingerprint density at radius 2 is 2.08 bits per heavy atom. The van der Waals surface area contributed by atoms with Crippen LogP contribution in [0, 0.1) is 17.8 Å². The number of halogens is 2. The summed E-state index contributed by atoms with van der Waals surface area (Å²) in [6, 6.07) is 0.378. The van der Waals surface area contributed by atoms with E-state index in [-0.39, 0.29) is 6.54 Å². The molecule has 4 unspecified atom stereocenters. The number of fused-ring (bicyclic) bond motifs is 2. The SMILES string of the molecule is CC1CC2CC(NCC(F)F)C1C2. The highest BCUT2D eigenvalue weighted by atomic mass is 19.3. The lowest BCUT2D eigenvalue weighted by Gasteiger charge is -2.27. The lowest BCUT2D eigenvalue weighted by molar-refractivity contribution is 0.132. The molecule has 13 heavy (non-hydrogen) atoms. The van der Waals surface area contributed by atoms with Gasteiger partial charge in [0.15, 0.2) is 0 Å². The highest BCUT2D eigenvalue weighted by molar-refractivity contribution is 4.97. The van der Waals surface area contributed by atoms with Gasteiger partial charge in [-0.25, -0.2) is 8.78 Å². The molecule has 76 valence electrons. The van der Waals surface area contributed by atoms with E-state index in [1.54, 1.807) is 0 Å². The smallest absolute Gasteiger partial charge is 0.250 e. The monoisotopic (exact) mass is 189 g/mol. The molecule has 2 aliphatic rings. The topological polar surface area (TPSA) is 12.0 Å². The van der Waals surface area contributed by atoms with Gasteiger partial charge in [-0.2, -0.15) is 0 Å². The van der Waals surface area contributed by atoms with Gasteiger partial charge in [0, 0.05) is 6.04 Å². The first-order valence-electron chi connectivity index (χ1n) is 5.18. The average Bonchev–Trinajstić information content (AvgIpc) is 2.58. The van der Waals surface area contributed by atoms with E-state index in [1.165, 1.54) is 12.8 Å². The molecule has 2 rings (SSSR count). The van der Waals surface area contributed by atoms with Crippen molar-refractivity contribution in [2.24, 2.45) is 17.8 Å². The fourth-order valence-electron chi connectivity index (χ4n) is 3.18. The summed E-state index contributed by atoms with van der Waals surface area (Å²) in [5.41, 5.74) is 0. The van der Waals surface area contributed by atoms with Crippen LogP contribution >= 0.6 is 0 Å². The molecule has 3 heteroatoms. The average molecular weight is 189 g/mol. The molecule has 2 aliphatic carbocycles. The molecule has 0 aromatic carbocycles. The number of alkyl halides is 2. The minimum absolute atomic E-state index is 0.124. The summed E-state index contributed by atoms with van der Waals surface area (Å²) in [7, 11) is 0. The molecule has 0 radical (unpaired) electrons. The fourth-order valence-corrected chi connectivity index (χ4v) is 3.18. The Bertz CT molecular complexity index is 184. The summed E-state index contributed by atoms with van der Waals surface area (Å²) in [6.45, 7) is 2.13. The molecule has 0 spiro atoms. The second-order valence-electron chi connectivity index (χ2n) is 4.62. The van der Waals surface area contributed by atoms with Gasteiger partial charge < -0.3 is 5.32 Å². The Morgan fingerprint density at radius 1 is 1.31 bits per heavy atom. The zero-order chi connectivity index (χ0) is 9.42. The molecule has 0 aliphatic heterocycles. The largest absolute Gasteiger partial charge is 0.308 e. The Morgan fingerprint density at radius 3 is 2.62 bits per heavy atom. The van der Waals surface area contributed by atoms with Gasteiger partial charge in [-0.05, 0) is 37.0 Å². The summed E-state index contributed by atoms with van der Waals surface area (Å²) in [4.78, 5) is 0. The predicted molar refractivity (Wildman–Crippen MR) is 47.8 cm³/mol. The van der Waals surface area contributed by atoms with Gasteiger partial charge in [0.1, 0.15) is 0 Å². The zero-order valence-electron chi connectivity index (χ0n) is 7.97. The maximum Gasteiger partial charge on any atom is 0.250 e. The van der Waals surface area contributed by atoms with Crippen LogP contribution in [0.15, 0.2) is 0 Å². The molecule has 0 aromatic rings. The van der Waals surface area contributed by atoms with E-state index in [0.717, 1.165) is 18.3 Å². The molecule has 0 aromatic heterocycles. The molecule has 1 N–H and O–H groups in total. The first kappa shape index (κ1) is 9.38. The summed E-state index contributed by atoms with van der Waals surface area (Å²) in [5.74, 6) is 2.23. The standard InChI is InChI=1S/C10H17F2N/c1-6-2-7-3-8(6)9(4-7)13-5-10(11)12/h6-10,13H,2-5H2,1H3. The zero-order valence-corrected chi connectivity index (χ0v) is 7.97. The minimum Gasteiger partial charge on any atom is -0.308 e. The van der Waals surface area contributed by atoms with E-state index in [1.807, 2.05) is 0 Å². The van der Waals surface area contributed by atoms with Gasteiger partial charge in [0.2, 0.25) is 0 Å². The van der Waals surface area contributed by atoms with Crippen LogP contribution in [0.3, 0.4) is 0 Å². The van der Waals surface area contributed by atoms with Crippen LogP contribution < -0.4 is 5.32 Å². The lowest BCUT2D eigenvalue weighted by atomic mass is 9.86. The first-order valence-corrected chi connectivity index (χ1v) is 5.18. The number of hydrogen-bond acceptors (Lipinski definition) is 1. The van der Waals surface area contributed by atoms with Crippen LogP contribution in [0.2, 0.25) is 0 Å². The third kappa shape index (κ3) is 1.85. The van der Waals surface area contributed by atoms with Gasteiger partial charge in [0.05, 0.1) is 6.54 Å². The summed E-state index contributed by atoms with van der Waals surface area (Å²) in [5, 5.41) is 2.99. The Hall–Kier alpha value is -0.180. The van der Waals surface area contributed by atoms with E-state index in [9.17, 15) is 8.78 Å². The molecule has 2 bridgehead atoms. The molecule has 2 fully saturated rings. The molecule has 0 saturated heterocycles. The quantitative estimate of drug-likeness (QED) is 0.718. The van der Waals surface area contributed by atoms with Gasteiger partial charge in [-0.3, -0.25) is 0 Å². The van der Waals surface area contributed by atoms with Gasteiger partial charge in [-0.15, -0.1) is 0 Å². The van der Waals surface area contributed by atoms with E-state index in [0.29, 0.717) is 12.0 Å². The van der Waals surface area contributed by atoms with E-state index in [4.69, 9.17) is 0 Å². The van der Waals surface area contributed by atoms with Crippen molar-refractivity contribution in [3.63, 3.8) is 0 Å². The molecule has 2 saturated carbocycles. The van der Waals surface area contributed by atoms with Gasteiger partial charge >= 0.3 is 0 Å². The van der Waals surface area contributed by atoms with Crippen molar-refractivity contribution in [1.29, 1.82) is 0 Å². The van der Waals surface area contributed by atoms with Crippen molar-refractivity contribution < 1.29 is 8.78 Å². The molecule has 0 heterocycles. The van der Waals surface area contributed by atoms with Crippen LogP contribution in [-0.4, -0.2) is 19.0 Å². The van der Waals surface area contributed by atoms with E-state index >= 15 is 0 Å². The van der Waals surface area contributed by atoms with Crippen LogP contribution in [0.4, 0.5) is 8.78 Å². The number of rotatable bonds is 3. The van der Waals surface area contributed by atoms with Crippen LogP contribution in [0.5, 0.6) is 0 Å². The lowest BCUT2D eigenvalue weighted by Crippen LogP contribution is -2.39. The maximum atomic E-state index is 12.0. The first-order chi connectivity index (χ1) is 6.16. The molecule has 4 atom stereocenters. The second-order valence-corrected chi connectivity index (χ2v) is 4.62. The van der Waals surface area contributed by atoms with Crippen molar-refractivity contribution in [3.8, 4) is 0 Å². The Kier molecular flexibility index (Phi) is 2.54. The highest BCUT2D eigenvalue weighted by Crippen LogP contribution is 2.48. The molecular formula is C10H17F2N. The van der Waals surface area contributed by atoms with Crippen molar-refractivity contribution in [3.05, 3.63) is 0 Å². The van der Waals surface area contributed by atoms with Crippen molar-refractivity contribution >= 4 is 0 Å². The van der Waals surface area contributed by atoms with Gasteiger partial charge in [0.25, 0.3) is 6.43 Å². The third-order valence-corrected chi connectivity index (χ3v) is 3.68. The summed E-state index contributed by atoms with van der Waals surface area (Å²) >= 11 is 0. The number of nitrogens with one attached hydrogen (secondary N) is 1. The third-order valence-electron chi connectivity index (χ3n) is 3.68. The highest BCUT2D eigenvalue weighted by Gasteiger charge is 2.43. The Labute approximate surface area is 77.9 Å².